The molecule has 0 fully saturated rings. The van der Waals surface area contributed by atoms with Gasteiger partial charge in [-0.05, 0) is 36.9 Å². The molecule has 0 atom stereocenters. The first kappa shape index (κ1) is 9.76. The summed E-state index contributed by atoms with van der Waals surface area (Å²) in [6.07, 6.45) is 1.96. The molecule has 0 aliphatic heterocycles. The number of hydrogen-bond donors (Lipinski definition) is 0. The van der Waals surface area contributed by atoms with E-state index in [1.54, 1.807) is 0 Å². The number of aliphatic imine (C=N–C) groups is 1. The van der Waals surface area contributed by atoms with Crippen LogP contribution in [0.5, 0.6) is 0 Å². The molecule has 0 aromatic heterocycles. The van der Waals surface area contributed by atoms with Gasteiger partial charge in [-0.3, -0.25) is 0 Å². The van der Waals surface area contributed by atoms with Gasteiger partial charge >= 0.3 is 0 Å². The molecule has 68 valence electrons. The molecule has 0 saturated carbocycles. The van der Waals surface area contributed by atoms with Crippen molar-refractivity contribution in [2.45, 2.75) is 20.8 Å². The smallest absolute Gasteiger partial charge is 0.0729 e. The van der Waals surface area contributed by atoms with Gasteiger partial charge in [-0.2, -0.15) is 0 Å². The number of aryl methyl sites for hydroxylation is 1. The van der Waals surface area contributed by atoms with Crippen molar-refractivity contribution in [3.05, 3.63) is 35.9 Å². The van der Waals surface area contributed by atoms with Gasteiger partial charge in [0.05, 0.1) is 5.69 Å². The van der Waals surface area contributed by atoms with Gasteiger partial charge in [-0.15, -0.1) is 0 Å². The zero-order valence-electron chi connectivity index (χ0n) is 8.41. The van der Waals surface area contributed by atoms with Crippen LogP contribution < -0.4 is 0 Å². The first-order valence-electron chi connectivity index (χ1n) is 4.55. The van der Waals surface area contributed by atoms with Crippen molar-refractivity contribution in [2.24, 2.45) is 10.9 Å². The van der Waals surface area contributed by atoms with Crippen LogP contribution in [0.1, 0.15) is 19.4 Å². The van der Waals surface area contributed by atoms with E-state index in [-0.39, 0.29) is 0 Å². The van der Waals surface area contributed by atoms with E-state index in [0.717, 1.165) is 5.69 Å². The molecule has 1 rings (SSSR count). The Bertz CT molecular complexity index is 313. The van der Waals surface area contributed by atoms with E-state index in [4.69, 9.17) is 0 Å². The molecule has 0 heterocycles. The minimum absolute atomic E-state index is 0.509. The Hall–Kier alpha value is -1.33. The molecule has 0 spiro atoms. The fourth-order valence-electron chi connectivity index (χ4n) is 0.880. The van der Waals surface area contributed by atoms with Crippen molar-refractivity contribution in [3.63, 3.8) is 0 Å². The van der Waals surface area contributed by atoms with E-state index in [1.807, 2.05) is 18.2 Å². The minimum Gasteiger partial charge on any atom is -0.207 e. The quantitative estimate of drug-likeness (QED) is 0.607. The van der Waals surface area contributed by atoms with E-state index in [0.29, 0.717) is 5.92 Å². The average molecular weight is 173 g/mol. The summed E-state index contributed by atoms with van der Waals surface area (Å²) < 4.78 is 0. The molecule has 0 radical (unpaired) electrons. The van der Waals surface area contributed by atoms with Crippen molar-refractivity contribution in [1.29, 1.82) is 0 Å². The van der Waals surface area contributed by atoms with Gasteiger partial charge in [0.1, 0.15) is 0 Å². The Morgan fingerprint density at radius 2 is 1.85 bits per heavy atom. The largest absolute Gasteiger partial charge is 0.207 e. The summed E-state index contributed by atoms with van der Waals surface area (Å²) in [7, 11) is 0. The van der Waals surface area contributed by atoms with E-state index in [1.165, 1.54) is 5.56 Å². The van der Waals surface area contributed by atoms with Crippen molar-refractivity contribution >= 4 is 11.6 Å². The predicted octanol–water partition coefficient (Wildman–Crippen LogP) is 3.51. The van der Waals surface area contributed by atoms with Gasteiger partial charge in [0.25, 0.3) is 0 Å². The molecule has 0 N–H and O–H groups in total. The molecule has 1 heteroatoms. The number of rotatable bonds is 2. The summed E-state index contributed by atoms with van der Waals surface area (Å²) in [5, 5.41) is 0. The fraction of sp³-hybridized carbons (Fsp3) is 0.333. The lowest BCUT2D eigenvalue weighted by Crippen LogP contribution is -1.76. The molecular formula is C12H15N. The van der Waals surface area contributed by atoms with Crippen molar-refractivity contribution < 1.29 is 0 Å². The summed E-state index contributed by atoms with van der Waals surface area (Å²) in [5.41, 5.74) is 2.22. The Kier molecular flexibility index (Phi) is 3.48. The second-order valence-corrected chi connectivity index (χ2v) is 3.49. The highest BCUT2D eigenvalue weighted by Gasteiger charge is 1.86. The van der Waals surface area contributed by atoms with E-state index >= 15 is 0 Å². The number of benzene rings is 1. The third-order valence-corrected chi connectivity index (χ3v) is 1.64. The van der Waals surface area contributed by atoms with Crippen LogP contribution in [-0.2, 0) is 0 Å². The summed E-state index contributed by atoms with van der Waals surface area (Å²) in [4.78, 5) is 4.18. The SMILES string of the molecule is Cc1ccc(N=C=CC(C)C)cc1. The highest BCUT2D eigenvalue weighted by Crippen LogP contribution is 2.10. The maximum atomic E-state index is 4.18. The Morgan fingerprint density at radius 1 is 1.23 bits per heavy atom. The van der Waals surface area contributed by atoms with Crippen LogP contribution in [-0.4, -0.2) is 5.87 Å². The molecule has 0 amide bonds. The molecule has 0 unspecified atom stereocenters. The summed E-state index contributed by atoms with van der Waals surface area (Å²) in [6.45, 7) is 6.28. The first-order valence-corrected chi connectivity index (χ1v) is 4.55. The Labute approximate surface area is 79.8 Å². The van der Waals surface area contributed by atoms with Gasteiger partial charge in [0.2, 0.25) is 0 Å². The lowest BCUT2D eigenvalue weighted by atomic mass is 10.2. The second-order valence-electron chi connectivity index (χ2n) is 3.49. The lowest BCUT2D eigenvalue weighted by molar-refractivity contribution is 0.839. The van der Waals surface area contributed by atoms with Gasteiger partial charge in [-0.25, -0.2) is 4.99 Å². The first-order chi connectivity index (χ1) is 6.18. The Morgan fingerprint density at radius 3 is 2.38 bits per heavy atom. The molecule has 0 aliphatic rings. The third-order valence-electron chi connectivity index (χ3n) is 1.64. The molecule has 13 heavy (non-hydrogen) atoms. The van der Waals surface area contributed by atoms with Gasteiger partial charge in [0.15, 0.2) is 0 Å². The normalized spacial score (nSPS) is 9.54. The zero-order valence-corrected chi connectivity index (χ0v) is 8.41. The maximum Gasteiger partial charge on any atom is 0.0729 e. The summed E-state index contributed by atoms with van der Waals surface area (Å²) >= 11 is 0. The second kappa shape index (κ2) is 4.64. The predicted molar refractivity (Wildman–Crippen MR) is 57.7 cm³/mol. The monoisotopic (exact) mass is 173 g/mol. The molecule has 1 aromatic rings. The molecule has 0 saturated heterocycles. The van der Waals surface area contributed by atoms with E-state index in [9.17, 15) is 0 Å². The van der Waals surface area contributed by atoms with Crippen LogP contribution in [0.25, 0.3) is 0 Å². The van der Waals surface area contributed by atoms with Crippen LogP contribution >= 0.6 is 0 Å². The minimum atomic E-state index is 0.509. The van der Waals surface area contributed by atoms with Gasteiger partial charge in [0, 0.05) is 0 Å². The average Bonchev–Trinajstić information content (AvgIpc) is 2.08. The highest BCUT2D eigenvalue weighted by atomic mass is 14.7. The van der Waals surface area contributed by atoms with Crippen LogP contribution in [0.4, 0.5) is 5.69 Å². The number of nitrogens with zero attached hydrogens (tertiary/aromatic N) is 1. The van der Waals surface area contributed by atoms with Crippen LogP contribution in [0, 0.1) is 12.8 Å². The topological polar surface area (TPSA) is 12.4 Å². The summed E-state index contributed by atoms with van der Waals surface area (Å²) in [5.74, 6) is 3.43. The lowest BCUT2D eigenvalue weighted by Gasteiger charge is -1.92. The molecular weight excluding hydrogens is 158 g/mol. The van der Waals surface area contributed by atoms with Crippen LogP contribution in [0.3, 0.4) is 0 Å². The van der Waals surface area contributed by atoms with Gasteiger partial charge in [-0.1, -0.05) is 31.5 Å². The van der Waals surface area contributed by atoms with Gasteiger partial charge < -0.3 is 0 Å². The van der Waals surface area contributed by atoms with Crippen LogP contribution in [0.15, 0.2) is 35.3 Å². The molecule has 1 nitrogen and oxygen atoms in total. The zero-order chi connectivity index (χ0) is 9.68. The van der Waals surface area contributed by atoms with E-state index in [2.05, 4.69) is 43.8 Å². The Balaban J connectivity index is 2.75. The molecule has 1 aromatic carbocycles. The maximum absolute atomic E-state index is 4.18. The third kappa shape index (κ3) is 3.73. The van der Waals surface area contributed by atoms with Crippen molar-refractivity contribution in [2.75, 3.05) is 0 Å². The fourth-order valence-corrected chi connectivity index (χ4v) is 0.880. The van der Waals surface area contributed by atoms with Crippen LogP contribution in [0.2, 0.25) is 0 Å². The molecule has 0 aliphatic carbocycles. The summed E-state index contributed by atoms with van der Waals surface area (Å²) in [6, 6.07) is 8.10. The number of allylic oxidation sites excluding steroid dienone is 1. The van der Waals surface area contributed by atoms with Crippen molar-refractivity contribution in [1.82, 2.24) is 0 Å². The van der Waals surface area contributed by atoms with Crippen molar-refractivity contribution in [3.8, 4) is 0 Å². The van der Waals surface area contributed by atoms with E-state index < -0.39 is 0 Å². The number of hydrogen-bond acceptors (Lipinski definition) is 1. The molecule has 0 bridgehead atoms. The standard InChI is InChI=1S/C12H15N/c1-10(2)8-9-13-12-6-4-11(3)5-7-12/h4-8,10H,1-3H3. The highest BCUT2D eigenvalue weighted by molar-refractivity contribution is 5.58.